The van der Waals surface area contributed by atoms with Crippen molar-refractivity contribution in [1.82, 2.24) is 15.1 Å². The first-order chi connectivity index (χ1) is 8.86. The lowest BCUT2D eigenvalue weighted by Gasteiger charge is -1.92. The highest BCUT2D eigenvalue weighted by Crippen LogP contribution is 2.23. The van der Waals surface area contributed by atoms with Gasteiger partial charge in [0.2, 0.25) is 5.82 Å². The van der Waals surface area contributed by atoms with Crippen molar-refractivity contribution < 1.29 is 4.52 Å². The van der Waals surface area contributed by atoms with Crippen molar-refractivity contribution in [2.45, 2.75) is 0 Å². The van der Waals surface area contributed by atoms with Crippen LogP contribution in [0, 0.1) is 11.3 Å². The molecular weight excluding hydrogens is 248 g/mol. The number of nitrogens with zero attached hydrogens (tertiary/aromatic N) is 4. The zero-order valence-corrected chi connectivity index (χ0v) is 9.89. The summed E-state index contributed by atoms with van der Waals surface area (Å²) in [5.41, 5.74) is 1.93. The van der Waals surface area contributed by atoms with E-state index in [1.165, 1.54) is 0 Å². The van der Waals surface area contributed by atoms with E-state index in [4.69, 9.17) is 9.78 Å². The zero-order chi connectivity index (χ0) is 12.4. The lowest BCUT2D eigenvalue weighted by molar-refractivity contribution is 0.432. The van der Waals surface area contributed by atoms with Crippen LogP contribution in [0.15, 0.2) is 39.7 Å². The van der Waals surface area contributed by atoms with Crippen LogP contribution in [0.3, 0.4) is 0 Å². The van der Waals surface area contributed by atoms with Gasteiger partial charge in [-0.05, 0) is 23.6 Å². The largest absolute Gasteiger partial charge is 0.334 e. The smallest absolute Gasteiger partial charge is 0.258 e. The second kappa shape index (κ2) is 4.39. The molecule has 0 unspecified atom stereocenters. The number of pyridine rings is 1. The predicted octanol–water partition coefficient (Wildman–Crippen LogP) is 2.73. The summed E-state index contributed by atoms with van der Waals surface area (Å²) in [5, 5.41) is 16.6. The molecule has 0 aromatic carbocycles. The molecule has 0 radical (unpaired) electrons. The van der Waals surface area contributed by atoms with Gasteiger partial charge in [0.15, 0.2) is 0 Å². The van der Waals surface area contributed by atoms with Gasteiger partial charge in [-0.3, -0.25) is 0 Å². The van der Waals surface area contributed by atoms with Crippen molar-refractivity contribution in [3.05, 3.63) is 40.8 Å². The molecule has 0 atom stereocenters. The number of nitriles is 1. The molecular formula is C12H6N4OS. The number of hydrogen-bond donors (Lipinski definition) is 0. The molecule has 0 aliphatic rings. The zero-order valence-electron chi connectivity index (χ0n) is 9.07. The van der Waals surface area contributed by atoms with Crippen molar-refractivity contribution in [3.63, 3.8) is 0 Å². The Morgan fingerprint density at radius 2 is 2.22 bits per heavy atom. The van der Waals surface area contributed by atoms with Gasteiger partial charge in [-0.2, -0.15) is 21.6 Å². The van der Waals surface area contributed by atoms with E-state index in [9.17, 15) is 0 Å². The van der Waals surface area contributed by atoms with E-state index in [-0.39, 0.29) is 0 Å². The number of hydrogen-bond acceptors (Lipinski definition) is 6. The average molecular weight is 254 g/mol. The fourth-order valence-corrected chi connectivity index (χ4v) is 2.11. The molecule has 86 valence electrons. The van der Waals surface area contributed by atoms with Gasteiger partial charge in [0.05, 0.1) is 0 Å². The van der Waals surface area contributed by atoms with Crippen LogP contribution in [0.25, 0.3) is 22.8 Å². The first kappa shape index (κ1) is 10.6. The molecule has 0 spiro atoms. The van der Waals surface area contributed by atoms with Gasteiger partial charge >= 0.3 is 0 Å². The summed E-state index contributed by atoms with van der Waals surface area (Å²) in [6, 6.07) is 7.24. The molecule has 0 bridgehead atoms. The van der Waals surface area contributed by atoms with Gasteiger partial charge in [-0.1, -0.05) is 5.16 Å². The maximum atomic E-state index is 8.79. The normalized spacial score (nSPS) is 10.2. The lowest BCUT2D eigenvalue weighted by atomic mass is 10.2. The van der Waals surface area contributed by atoms with Crippen LogP contribution < -0.4 is 0 Å². The minimum Gasteiger partial charge on any atom is -0.334 e. The first-order valence-corrected chi connectivity index (χ1v) is 6.04. The topological polar surface area (TPSA) is 75.6 Å². The van der Waals surface area contributed by atoms with Gasteiger partial charge in [-0.15, -0.1) is 0 Å². The Hall–Kier alpha value is -2.52. The highest BCUT2D eigenvalue weighted by Gasteiger charge is 2.11. The Labute approximate surface area is 106 Å². The SMILES string of the molecule is N#Cc1cc(-c2nc(-c3ccsc3)no2)ccn1. The number of rotatable bonds is 2. The molecule has 5 nitrogen and oxygen atoms in total. The summed E-state index contributed by atoms with van der Waals surface area (Å²) < 4.78 is 5.18. The van der Waals surface area contributed by atoms with E-state index in [1.54, 1.807) is 29.7 Å². The third-order valence-corrected chi connectivity index (χ3v) is 3.01. The molecule has 0 amide bonds. The first-order valence-electron chi connectivity index (χ1n) is 5.09. The van der Waals surface area contributed by atoms with Crippen molar-refractivity contribution in [3.8, 4) is 28.9 Å². The van der Waals surface area contributed by atoms with Gasteiger partial charge < -0.3 is 4.52 Å². The average Bonchev–Trinajstić information content (AvgIpc) is 3.09. The van der Waals surface area contributed by atoms with Crippen LogP contribution >= 0.6 is 11.3 Å². The monoisotopic (exact) mass is 254 g/mol. The van der Waals surface area contributed by atoms with Gasteiger partial charge in [0.25, 0.3) is 5.89 Å². The van der Waals surface area contributed by atoms with Gasteiger partial charge in [-0.25, -0.2) is 4.98 Å². The molecule has 3 aromatic rings. The van der Waals surface area contributed by atoms with Crippen molar-refractivity contribution in [2.24, 2.45) is 0 Å². The molecule has 0 saturated carbocycles. The van der Waals surface area contributed by atoms with Gasteiger partial charge in [0, 0.05) is 22.7 Å². The number of aromatic nitrogens is 3. The Balaban J connectivity index is 2.01. The molecule has 3 heterocycles. The summed E-state index contributed by atoms with van der Waals surface area (Å²) >= 11 is 1.57. The number of thiophene rings is 1. The third kappa shape index (κ3) is 1.87. The van der Waals surface area contributed by atoms with E-state index in [0.717, 1.165) is 5.56 Å². The van der Waals surface area contributed by atoms with E-state index in [2.05, 4.69) is 15.1 Å². The van der Waals surface area contributed by atoms with Crippen LogP contribution in [0.2, 0.25) is 0 Å². The lowest BCUT2D eigenvalue weighted by Crippen LogP contribution is -1.84. The maximum absolute atomic E-state index is 8.79. The highest BCUT2D eigenvalue weighted by atomic mass is 32.1. The standard InChI is InChI=1S/C12H6N4OS/c13-6-10-5-8(1-3-14-10)12-15-11(16-17-12)9-2-4-18-7-9/h1-5,7H. The molecule has 0 saturated heterocycles. The second-order valence-electron chi connectivity index (χ2n) is 3.48. The molecule has 0 N–H and O–H groups in total. The Morgan fingerprint density at radius 3 is 3.00 bits per heavy atom. The molecule has 0 aliphatic heterocycles. The fourth-order valence-electron chi connectivity index (χ4n) is 1.47. The Morgan fingerprint density at radius 1 is 1.28 bits per heavy atom. The van der Waals surface area contributed by atoms with Crippen molar-refractivity contribution in [2.75, 3.05) is 0 Å². The quantitative estimate of drug-likeness (QED) is 0.702. The van der Waals surface area contributed by atoms with E-state index >= 15 is 0 Å². The van der Waals surface area contributed by atoms with Gasteiger partial charge in [0.1, 0.15) is 11.8 Å². The van der Waals surface area contributed by atoms with E-state index in [0.29, 0.717) is 23.0 Å². The molecule has 6 heteroatoms. The summed E-state index contributed by atoms with van der Waals surface area (Å²) in [7, 11) is 0. The molecule has 18 heavy (non-hydrogen) atoms. The van der Waals surface area contributed by atoms with Crippen LogP contribution in [-0.4, -0.2) is 15.1 Å². The van der Waals surface area contributed by atoms with Crippen molar-refractivity contribution >= 4 is 11.3 Å². The highest BCUT2D eigenvalue weighted by molar-refractivity contribution is 7.08. The molecule has 3 rings (SSSR count). The fraction of sp³-hybridized carbons (Fsp3) is 0. The van der Waals surface area contributed by atoms with Crippen LogP contribution in [0.4, 0.5) is 0 Å². The van der Waals surface area contributed by atoms with Crippen molar-refractivity contribution in [1.29, 1.82) is 5.26 Å². The molecule has 0 aliphatic carbocycles. The van der Waals surface area contributed by atoms with E-state index < -0.39 is 0 Å². The van der Waals surface area contributed by atoms with Crippen LogP contribution in [0.1, 0.15) is 5.69 Å². The molecule has 3 aromatic heterocycles. The molecule has 0 fully saturated rings. The van der Waals surface area contributed by atoms with Crippen LogP contribution in [-0.2, 0) is 0 Å². The minimum absolute atomic E-state index is 0.322. The second-order valence-corrected chi connectivity index (χ2v) is 4.26. The minimum atomic E-state index is 0.322. The third-order valence-electron chi connectivity index (χ3n) is 2.33. The summed E-state index contributed by atoms with van der Waals surface area (Å²) in [5.74, 6) is 0.927. The van der Waals surface area contributed by atoms with E-state index in [1.807, 2.05) is 22.9 Å². The summed E-state index contributed by atoms with van der Waals surface area (Å²) in [6.07, 6.45) is 1.54. The maximum Gasteiger partial charge on any atom is 0.258 e. The van der Waals surface area contributed by atoms with Crippen LogP contribution in [0.5, 0.6) is 0 Å². The Kier molecular flexibility index (Phi) is 2.59. The summed E-state index contributed by atoms with van der Waals surface area (Å²) in [6.45, 7) is 0. The Bertz CT molecular complexity index is 712. The summed E-state index contributed by atoms with van der Waals surface area (Å²) in [4.78, 5) is 8.18. The predicted molar refractivity (Wildman–Crippen MR) is 65.6 cm³/mol.